The standard InChI is InChI=1S/C10H17ClN4/c11-4-2-1-3-5-14-6-7-15-9-12-13-10(15)8-14/h9H,1-8H2. The van der Waals surface area contributed by atoms with Gasteiger partial charge in [0.1, 0.15) is 12.2 Å². The van der Waals surface area contributed by atoms with E-state index in [1.165, 1.54) is 12.8 Å². The Bertz CT molecular complexity index is 299. The molecule has 0 aromatic carbocycles. The summed E-state index contributed by atoms with van der Waals surface area (Å²) in [7, 11) is 0. The van der Waals surface area contributed by atoms with Gasteiger partial charge in [-0.2, -0.15) is 0 Å². The van der Waals surface area contributed by atoms with Gasteiger partial charge in [0.15, 0.2) is 0 Å². The summed E-state index contributed by atoms with van der Waals surface area (Å²) in [6.07, 6.45) is 5.42. The van der Waals surface area contributed by atoms with Gasteiger partial charge in [-0.05, 0) is 19.4 Å². The Hall–Kier alpha value is -0.610. The number of rotatable bonds is 5. The van der Waals surface area contributed by atoms with E-state index in [9.17, 15) is 0 Å². The minimum atomic E-state index is 0.786. The maximum absolute atomic E-state index is 5.64. The van der Waals surface area contributed by atoms with Crippen molar-refractivity contribution in [3.63, 3.8) is 0 Å². The molecule has 0 fully saturated rings. The quantitative estimate of drug-likeness (QED) is 0.566. The van der Waals surface area contributed by atoms with Crippen molar-refractivity contribution in [1.29, 1.82) is 0 Å². The van der Waals surface area contributed by atoms with Crippen molar-refractivity contribution in [3.05, 3.63) is 12.2 Å². The van der Waals surface area contributed by atoms with E-state index >= 15 is 0 Å². The molecule has 1 aromatic heterocycles. The lowest BCUT2D eigenvalue weighted by molar-refractivity contribution is 0.213. The Morgan fingerprint density at radius 2 is 2.20 bits per heavy atom. The summed E-state index contributed by atoms with van der Waals surface area (Å²) >= 11 is 5.64. The van der Waals surface area contributed by atoms with Crippen LogP contribution in [-0.4, -0.2) is 38.6 Å². The lowest BCUT2D eigenvalue weighted by Crippen LogP contribution is -2.34. The van der Waals surface area contributed by atoms with Gasteiger partial charge in [-0.25, -0.2) is 0 Å². The molecule has 1 aromatic rings. The van der Waals surface area contributed by atoms with Gasteiger partial charge in [-0.1, -0.05) is 6.42 Å². The zero-order chi connectivity index (χ0) is 10.5. The van der Waals surface area contributed by atoms with Crippen LogP contribution in [0.2, 0.25) is 0 Å². The number of fused-ring (bicyclic) bond motifs is 1. The fourth-order valence-electron chi connectivity index (χ4n) is 1.91. The highest BCUT2D eigenvalue weighted by Crippen LogP contribution is 2.10. The first-order chi connectivity index (χ1) is 7.40. The SMILES string of the molecule is ClCCCCCN1CCn2cnnc2C1. The first-order valence-corrected chi connectivity index (χ1v) is 6.08. The maximum atomic E-state index is 5.64. The van der Waals surface area contributed by atoms with Crippen LogP contribution in [0.3, 0.4) is 0 Å². The predicted octanol–water partition coefficient (Wildman–Crippen LogP) is 1.50. The highest BCUT2D eigenvalue weighted by atomic mass is 35.5. The largest absolute Gasteiger partial charge is 0.315 e. The third-order valence-corrected chi connectivity index (χ3v) is 3.09. The van der Waals surface area contributed by atoms with Gasteiger partial charge in [0.2, 0.25) is 0 Å². The van der Waals surface area contributed by atoms with Crippen molar-refractivity contribution >= 4 is 11.6 Å². The molecule has 0 unspecified atom stereocenters. The molecule has 0 atom stereocenters. The van der Waals surface area contributed by atoms with Gasteiger partial charge in [0, 0.05) is 19.0 Å². The van der Waals surface area contributed by atoms with Crippen LogP contribution in [0.15, 0.2) is 6.33 Å². The number of hydrogen-bond donors (Lipinski definition) is 0. The van der Waals surface area contributed by atoms with Crippen molar-refractivity contribution in [1.82, 2.24) is 19.7 Å². The highest BCUT2D eigenvalue weighted by molar-refractivity contribution is 6.17. The normalized spacial score (nSPS) is 16.6. The molecular weight excluding hydrogens is 212 g/mol. The summed E-state index contributed by atoms with van der Waals surface area (Å²) in [5.41, 5.74) is 0. The molecule has 0 amide bonds. The van der Waals surface area contributed by atoms with Crippen LogP contribution < -0.4 is 0 Å². The van der Waals surface area contributed by atoms with E-state index < -0.39 is 0 Å². The fraction of sp³-hybridized carbons (Fsp3) is 0.800. The summed E-state index contributed by atoms with van der Waals surface area (Å²) in [6, 6.07) is 0. The molecule has 0 spiro atoms. The van der Waals surface area contributed by atoms with E-state index in [1.807, 2.05) is 6.33 Å². The molecule has 84 valence electrons. The predicted molar refractivity (Wildman–Crippen MR) is 59.9 cm³/mol. The Balaban J connectivity index is 1.73. The molecular formula is C10H17ClN4. The van der Waals surface area contributed by atoms with E-state index in [-0.39, 0.29) is 0 Å². The molecule has 0 saturated carbocycles. The van der Waals surface area contributed by atoms with Crippen molar-refractivity contribution in [2.75, 3.05) is 19.0 Å². The fourth-order valence-corrected chi connectivity index (χ4v) is 2.10. The van der Waals surface area contributed by atoms with Gasteiger partial charge in [0.25, 0.3) is 0 Å². The number of nitrogens with zero attached hydrogens (tertiary/aromatic N) is 4. The summed E-state index contributed by atoms with van der Waals surface area (Å²) < 4.78 is 2.13. The zero-order valence-corrected chi connectivity index (χ0v) is 9.66. The first kappa shape index (κ1) is 10.9. The van der Waals surface area contributed by atoms with E-state index in [0.717, 1.165) is 44.3 Å². The van der Waals surface area contributed by atoms with Crippen LogP contribution in [-0.2, 0) is 13.1 Å². The topological polar surface area (TPSA) is 34.0 Å². The molecule has 1 aliphatic rings. The van der Waals surface area contributed by atoms with Gasteiger partial charge >= 0.3 is 0 Å². The first-order valence-electron chi connectivity index (χ1n) is 5.55. The Morgan fingerprint density at radius 3 is 3.07 bits per heavy atom. The number of halogens is 1. The van der Waals surface area contributed by atoms with Crippen LogP contribution in [0.1, 0.15) is 25.1 Å². The maximum Gasteiger partial charge on any atom is 0.147 e. The Kier molecular flexibility index (Phi) is 3.97. The average Bonchev–Trinajstić information content (AvgIpc) is 2.71. The van der Waals surface area contributed by atoms with Crippen molar-refractivity contribution in [3.8, 4) is 0 Å². The summed E-state index contributed by atoms with van der Waals surface area (Å²) in [5, 5.41) is 8.02. The average molecular weight is 229 g/mol. The van der Waals surface area contributed by atoms with Gasteiger partial charge in [-0.15, -0.1) is 21.8 Å². The van der Waals surface area contributed by atoms with E-state index in [2.05, 4.69) is 19.7 Å². The van der Waals surface area contributed by atoms with Gasteiger partial charge < -0.3 is 4.57 Å². The van der Waals surface area contributed by atoms with Crippen LogP contribution in [0.4, 0.5) is 0 Å². The molecule has 15 heavy (non-hydrogen) atoms. The van der Waals surface area contributed by atoms with Gasteiger partial charge in [0.05, 0.1) is 6.54 Å². The van der Waals surface area contributed by atoms with Crippen LogP contribution in [0.25, 0.3) is 0 Å². The Morgan fingerprint density at radius 1 is 1.27 bits per heavy atom. The number of aromatic nitrogens is 3. The number of alkyl halides is 1. The molecule has 0 radical (unpaired) electrons. The molecule has 5 heteroatoms. The summed E-state index contributed by atoms with van der Waals surface area (Å²) in [5.74, 6) is 1.88. The molecule has 0 N–H and O–H groups in total. The number of hydrogen-bond acceptors (Lipinski definition) is 3. The van der Waals surface area contributed by atoms with E-state index in [1.54, 1.807) is 0 Å². The second kappa shape index (κ2) is 5.47. The smallest absolute Gasteiger partial charge is 0.147 e. The van der Waals surface area contributed by atoms with E-state index in [4.69, 9.17) is 11.6 Å². The Labute approximate surface area is 95.2 Å². The van der Waals surface area contributed by atoms with Crippen molar-refractivity contribution in [2.24, 2.45) is 0 Å². The molecule has 0 aliphatic carbocycles. The molecule has 0 saturated heterocycles. The molecule has 1 aliphatic heterocycles. The third-order valence-electron chi connectivity index (χ3n) is 2.83. The van der Waals surface area contributed by atoms with Gasteiger partial charge in [-0.3, -0.25) is 4.90 Å². The lowest BCUT2D eigenvalue weighted by Gasteiger charge is -2.26. The molecule has 2 heterocycles. The zero-order valence-electron chi connectivity index (χ0n) is 8.90. The second-order valence-electron chi connectivity index (χ2n) is 3.97. The second-order valence-corrected chi connectivity index (χ2v) is 4.34. The van der Waals surface area contributed by atoms with E-state index in [0.29, 0.717) is 0 Å². The monoisotopic (exact) mass is 228 g/mol. The number of unbranched alkanes of at least 4 members (excludes halogenated alkanes) is 2. The highest BCUT2D eigenvalue weighted by Gasteiger charge is 2.16. The van der Waals surface area contributed by atoms with Crippen LogP contribution in [0, 0.1) is 0 Å². The molecule has 4 nitrogen and oxygen atoms in total. The summed E-state index contributed by atoms with van der Waals surface area (Å²) in [6.45, 7) is 4.24. The minimum Gasteiger partial charge on any atom is -0.315 e. The van der Waals surface area contributed by atoms with Crippen LogP contribution >= 0.6 is 11.6 Å². The molecule has 2 rings (SSSR count). The van der Waals surface area contributed by atoms with Crippen molar-refractivity contribution < 1.29 is 0 Å². The minimum absolute atomic E-state index is 0.786. The third kappa shape index (κ3) is 2.92. The lowest BCUT2D eigenvalue weighted by atomic mass is 10.2. The van der Waals surface area contributed by atoms with Crippen molar-refractivity contribution in [2.45, 2.75) is 32.4 Å². The summed E-state index contributed by atoms with van der Waals surface area (Å²) in [4.78, 5) is 2.44. The molecule has 0 bridgehead atoms. The van der Waals surface area contributed by atoms with Crippen LogP contribution in [0.5, 0.6) is 0 Å².